The van der Waals surface area contributed by atoms with Gasteiger partial charge >= 0.3 is 0 Å². The van der Waals surface area contributed by atoms with Crippen LogP contribution in [0.4, 0.5) is 0 Å². The second-order valence-corrected chi connectivity index (χ2v) is 7.46. The summed E-state index contributed by atoms with van der Waals surface area (Å²) in [4.78, 5) is 0. The first kappa shape index (κ1) is 18.2. The van der Waals surface area contributed by atoms with Crippen molar-refractivity contribution in [3.8, 4) is 5.75 Å². The van der Waals surface area contributed by atoms with Gasteiger partial charge in [-0.05, 0) is 48.9 Å². The van der Waals surface area contributed by atoms with Crippen molar-refractivity contribution in [2.45, 2.75) is 51.0 Å². The summed E-state index contributed by atoms with van der Waals surface area (Å²) < 4.78 is 11.2. The minimum Gasteiger partial charge on any atom is -0.494 e. The quantitative estimate of drug-likeness (QED) is 0.758. The third kappa shape index (κ3) is 5.48. The molecular weight excluding hydrogens is 290 g/mol. The number of hydrogen-bond donors (Lipinski definition) is 2. The van der Waals surface area contributed by atoms with Crippen molar-refractivity contribution in [1.29, 1.82) is 0 Å². The molecule has 2 rings (SSSR count). The van der Waals surface area contributed by atoms with Crippen LogP contribution in [-0.4, -0.2) is 43.6 Å². The number of aliphatic hydroxyl groups is 1. The summed E-state index contributed by atoms with van der Waals surface area (Å²) >= 11 is 0. The predicted octanol–water partition coefficient (Wildman–Crippen LogP) is 2.88. The lowest BCUT2D eigenvalue weighted by Gasteiger charge is -2.36. The molecule has 1 aromatic carbocycles. The van der Waals surface area contributed by atoms with E-state index in [1.54, 1.807) is 0 Å². The highest BCUT2D eigenvalue weighted by molar-refractivity contribution is 5.32. The third-order valence-corrected chi connectivity index (χ3v) is 4.54. The van der Waals surface area contributed by atoms with E-state index in [9.17, 15) is 5.11 Å². The lowest BCUT2D eigenvalue weighted by atomic mass is 9.87. The molecule has 0 amide bonds. The number of aliphatic hydroxyl groups excluding tert-OH is 1. The highest BCUT2D eigenvalue weighted by Crippen LogP contribution is 2.25. The maximum absolute atomic E-state index is 9.63. The summed E-state index contributed by atoms with van der Waals surface area (Å²) in [6.45, 7) is 9.77. The second kappa shape index (κ2) is 8.13. The molecular formula is C19H31NO3. The summed E-state index contributed by atoms with van der Waals surface area (Å²) in [5.41, 5.74) is 1.26. The van der Waals surface area contributed by atoms with E-state index in [2.05, 4.69) is 44.3 Å². The molecule has 1 aliphatic heterocycles. The van der Waals surface area contributed by atoms with E-state index in [-0.39, 0.29) is 17.6 Å². The molecule has 4 heteroatoms. The maximum Gasteiger partial charge on any atom is 0.119 e. The summed E-state index contributed by atoms with van der Waals surface area (Å²) in [7, 11) is 0. The Morgan fingerprint density at radius 1 is 1.26 bits per heavy atom. The van der Waals surface area contributed by atoms with Crippen molar-refractivity contribution >= 4 is 0 Å². The molecule has 0 bridgehead atoms. The van der Waals surface area contributed by atoms with Crippen molar-refractivity contribution in [3.63, 3.8) is 0 Å². The number of rotatable bonds is 7. The van der Waals surface area contributed by atoms with Gasteiger partial charge in [0, 0.05) is 18.8 Å². The van der Waals surface area contributed by atoms with Crippen molar-refractivity contribution in [2.75, 3.05) is 33.0 Å². The normalized spacial score (nSPS) is 17.9. The van der Waals surface area contributed by atoms with Crippen molar-refractivity contribution < 1.29 is 14.6 Å². The third-order valence-electron chi connectivity index (χ3n) is 4.54. The molecule has 0 spiro atoms. The average molecular weight is 321 g/mol. The standard InChI is InChI=1S/C19H31NO3/c1-18(2,3)16-6-4-7-17(14-16)23-11-5-10-20-19(15-21)8-12-22-13-9-19/h4,6-7,14,20-21H,5,8-13,15H2,1-3H3. The largest absolute Gasteiger partial charge is 0.494 e. The molecule has 130 valence electrons. The fourth-order valence-electron chi connectivity index (χ4n) is 2.82. The lowest BCUT2D eigenvalue weighted by molar-refractivity contribution is 0.0117. The summed E-state index contributed by atoms with van der Waals surface area (Å²) in [5.74, 6) is 0.931. The van der Waals surface area contributed by atoms with Crippen molar-refractivity contribution in [3.05, 3.63) is 29.8 Å². The SMILES string of the molecule is CC(C)(C)c1cccc(OCCCNC2(CO)CCOCC2)c1. The summed E-state index contributed by atoms with van der Waals surface area (Å²) in [6.07, 6.45) is 2.67. The van der Waals surface area contributed by atoms with Crippen LogP contribution in [0, 0.1) is 0 Å². The Morgan fingerprint density at radius 2 is 2.00 bits per heavy atom. The van der Waals surface area contributed by atoms with Crippen LogP contribution in [0.15, 0.2) is 24.3 Å². The van der Waals surface area contributed by atoms with Gasteiger partial charge < -0.3 is 19.9 Å². The molecule has 1 heterocycles. The molecule has 0 atom stereocenters. The minimum atomic E-state index is -0.162. The van der Waals surface area contributed by atoms with Crippen LogP contribution in [0.3, 0.4) is 0 Å². The topological polar surface area (TPSA) is 50.7 Å². The fourth-order valence-corrected chi connectivity index (χ4v) is 2.82. The van der Waals surface area contributed by atoms with Gasteiger partial charge in [0.1, 0.15) is 5.75 Å². The lowest BCUT2D eigenvalue weighted by Crippen LogP contribution is -2.52. The van der Waals surface area contributed by atoms with Gasteiger partial charge in [0.15, 0.2) is 0 Å². The van der Waals surface area contributed by atoms with Gasteiger partial charge in [-0.25, -0.2) is 0 Å². The highest BCUT2D eigenvalue weighted by Gasteiger charge is 2.30. The van der Waals surface area contributed by atoms with Gasteiger partial charge in [-0.3, -0.25) is 0 Å². The Balaban J connectivity index is 1.73. The van der Waals surface area contributed by atoms with E-state index in [1.165, 1.54) is 5.56 Å². The Morgan fingerprint density at radius 3 is 2.65 bits per heavy atom. The first-order valence-electron chi connectivity index (χ1n) is 8.62. The first-order chi connectivity index (χ1) is 11.0. The Hall–Kier alpha value is -1.10. The van der Waals surface area contributed by atoms with Crippen LogP contribution < -0.4 is 10.1 Å². The van der Waals surface area contributed by atoms with E-state index in [1.807, 2.05) is 6.07 Å². The van der Waals surface area contributed by atoms with Gasteiger partial charge in [-0.2, -0.15) is 0 Å². The molecule has 0 saturated carbocycles. The summed E-state index contributed by atoms with van der Waals surface area (Å²) in [5, 5.41) is 13.1. The Bertz CT molecular complexity index is 476. The van der Waals surface area contributed by atoms with Gasteiger partial charge in [0.05, 0.1) is 13.2 Å². The molecule has 0 radical (unpaired) electrons. The number of nitrogens with one attached hydrogen (secondary N) is 1. The monoisotopic (exact) mass is 321 g/mol. The first-order valence-corrected chi connectivity index (χ1v) is 8.62. The van der Waals surface area contributed by atoms with E-state index < -0.39 is 0 Å². The predicted molar refractivity (Wildman–Crippen MR) is 93.1 cm³/mol. The molecule has 0 unspecified atom stereocenters. The highest BCUT2D eigenvalue weighted by atomic mass is 16.5. The molecule has 1 saturated heterocycles. The molecule has 0 aromatic heterocycles. The van der Waals surface area contributed by atoms with Crippen LogP contribution in [0.5, 0.6) is 5.75 Å². The Kier molecular flexibility index (Phi) is 6.45. The van der Waals surface area contributed by atoms with E-state index in [0.717, 1.165) is 44.8 Å². The number of ether oxygens (including phenoxy) is 2. The van der Waals surface area contributed by atoms with Crippen LogP contribution in [0.25, 0.3) is 0 Å². The molecule has 1 aliphatic rings. The maximum atomic E-state index is 9.63. The molecule has 2 N–H and O–H groups in total. The van der Waals surface area contributed by atoms with Crippen molar-refractivity contribution in [2.24, 2.45) is 0 Å². The molecule has 0 aliphatic carbocycles. The molecule has 1 aromatic rings. The van der Waals surface area contributed by atoms with E-state index >= 15 is 0 Å². The number of benzene rings is 1. The minimum absolute atomic E-state index is 0.136. The zero-order chi connectivity index (χ0) is 16.8. The Labute approximate surface area is 140 Å². The van der Waals surface area contributed by atoms with Gasteiger partial charge in [0.2, 0.25) is 0 Å². The molecule has 4 nitrogen and oxygen atoms in total. The smallest absolute Gasteiger partial charge is 0.119 e. The average Bonchev–Trinajstić information content (AvgIpc) is 2.55. The van der Waals surface area contributed by atoms with Crippen LogP contribution in [-0.2, 0) is 10.2 Å². The summed E-state index contributed by atoms with van der Waals surface area (Å²) in [6, 6.07) is 8.33. The van der Waals surface area contributed by atoms with Crippen LogP contribution in [0.2, 0.25) is 0 Å². The van der Waals surface area contributed by atoms with E-state index in [0.29, 0.717) is 6.61 Å². The zero-order valence-corrected chi connectivity index (χ0v) is 14.7. The van der Waals surface area contributed by atoms with Crippen LogP contribution in [0.1, 0.15) is 45.6 Å². The fraction of sp³-hybridized carbons (Fsp3) is 0.684. The molecule has 1 fully saturated rings. The second-order valence-electron chi connectivity index (χ2n) is 7.46. The number of hydrogen-bond acceptors (Lipinski definition) is 4. The molecule has 23 heavy (non-hydrogen) atoms. The van der Waals surface area contributed by atoms with E-state index in [4.69, 9.17) is 9.47 Å². The van der Waals surface area contributed by atoms with Gasteiger partial charge in [-0.15, -0.1) is 0 Å². The van der Waals surface area contributed by atoms with Crippen LogP contribution >= 0.6 is 0 Å². The zero-order valence-electron chi connectivity index (χ0n) is 14.7. The van der Waals surface area contributed by atoms with Crippen molar-refractivity contribution in [1.82, 2.24) is 5.32 Å². The van der Waals surface area contributed by atoms with Gasteiger partial charge in [-0.1, -0.05) is 32.9 Å². The van der Waals surface area contributed by atoms with Gasteiger partial charge in [0.25, 0.3) is 0 Å².